The van der Waals surface area contributed by atoms with Crippen LogP contribution >= 0.6 is 0 Å². The zero-order valence-electron chi connectivity index (χ0n) is 11.0. The summed E-state index contributed by atoms with van der Waals surface area (Å²) in [5.41, 5.74) is 2.77. The van der Waals surface area contributed by atoms with Crippen molar-refractivity contribution in [2.75, 3.05) is 38.8 Å². The summed E-state index contributed by atoms with van der Waals surface area (Å²) in [7, 11) is 1.66. The maximum Gasteiger partial charge on any atom is 0.0994 e. The topological polar surface area (TPSA) is 54.3 Å². The van der Waals surface area contributed by atoms with Crippen molar-refractivity contribution in [2.45, 2.75) is 13.3 Å². The van der Waals surface area contributed by atoms with Crippen LogP contribution < -0.4 is 5.32 Å². The van der Waals surface area contributed by atoms with Gasteiger partial charge in [0.2, 0.25) is 0 Å². The third-order valence-electron chi connectivity index (χ3n) is 2.57. The summed E-state index contributed by atoms with van der Waals surface area (Å²) in [4.78, 5) is 0. The molecule has 1 rings (SSSR count). The van der Waals surface area contributed by atoms with Crippen LogP contribution in [0, 0.1) is 18.3 Å². The van der Waals surface area contributed by atoms with Crippen LogP contribution in [0.2, 0.25) is 0 Å². The molecule has 0 saturated heterocycles. The van der Waals surface area contributed by atoms with Crippen molar-refractivity contribution in [2.24, 2.45) is 0 Å². The number of nitrogens with zero attached hydrogens (tertiary/aromatic N) is 1. The first-order chi connectivity index (χ1) is 8.77. The van der Waals surface area contributed by atoms with Gasteiger partial charge >= 0.3 is 0 Å². The van der Waals surface area contributed by atoms with Crippen LogP contribution in [-0.4, -0.2) is 33.5 Å². The molecule has 98 valence electrons. The van der Waals surface area contributed by atoms with Crippen LogP contribution in [0.1, 0.15) is 17.5 Å². The first-order valence-corrected chi connectivity index (χ1v) is 6.09. The molecular weight excluding hydrogens is 228 g/mol. The number of rotatable bonds is 8. The molecule has 4 nitrogen and oxygen atoms in total. The molecule has 1 aromatic carbocycles. The van der Waals surface area contributed by atoms with E-state index in [9.17, 15) is 0 Å². The highest BCUT2D eigenvalue weighted by molar-refractivity contribution is 5.51. The Morgan fingerprint density at radius 2 is 2.11 bits per heavy atom. The Kier molecular flexibility index (Phi) is 6.85. The van der Waals surface area contributed by atoms with E-state index in [1.807, 2.05) is 25.1 Å². The fourth-order valence-corrected chi connectivity index (χ4v) is 1.55. The summed E-state index contributed by atoms with van der Waals surface area (Å²) in [6.45, 7) is 4.82. The van der Waals surface area contributed by atoms with Crippen LogP contribution in [0.5, 0.6) is 0 Å². The Morgan fingerprint density at radius 3 is 2.78 bits per heavy atom. The van der Waals surface area contributed by atoms with Crippen LogP contribution in [0.3, 0.4) is 0 Å². The van der Waals surface area contributed by atoms with Gasteiger partial charge in [0.05, 0.1) is 24.8 Å². The smallest absolute Gasteiger partial charge is 0.0994 e. The number of benzene rings is 1. The second kappa shape index (κ2) is 8.51. The number of nitrogens with one attached hydrogen (secondary N) is 1. The minimum Gasteiger partial charge on any atom is -0.385 e. The van der Waals surface area contributed by atoms with E-state index in [2.05, 4.69) is 11.4 Å². The second-order valence-corrected chi connectivity index (χ2v) is 4.03. The van der Waals surface area contributed by atoms with Gasteiger partial charge < -0.3 is 14.8 Å². The first-order valence-electron chi connectivity index (χ1n) is 6.09. The summed E-state index contributed by atoms with van der Waals surface area (Å²) >= 11 is 0. The monoisotopic (exact) mass is 248 g/mol. The Hall–Kier alpha value is -1.57. The Balaban J connectivity index is 2.20. The average Bonchev–Trinajstić information content (AvgIpc) is 2.38. The van der Waals surface area contributed by atoms with Gasteiger partial charge in [0.1, 0.15) is 0 Å². The number of anilines is 1. The third-order valence-corrected chi connectivity index (χ3v) is 2.57. The lowest BCUT2D eigenvalue weighted by molar-refractivity contribution is 0.0705. The van der Waals surface area contributed by atoms with Crippen molar-refractivity contribution >= 4 is 5.69 Å². The number of methoxy groups -OCH3 is 1. The van der Waals surface area contributed by atoms with Crippen LogP contribution in [0.25, 0.3) is 0 Å². The lowest BCUT2D eigenvalue weighted by Gasteiger charge is -2.08. The fourth-order valence-electron chi connectivity index (χ4n) is 1.55. The van der Waals surface area contributed by atoms with Crippen molar-refractivity contribution in [1.82, 2.24) is 0 Å². The van der Waals surface area contributed by atoms with Gasteiger partial charge in [-0.05, 0) is 37.1 Å². The molecule has 0 amide bonds. The minimum absolute atomic E-state index is 0.641. The van der Waals surface area contributed by atoms with Gasteiger partial charge in [-0.2, -0.15) is 5.26 Å². The molecule has 0 unspecified atom stereocenters. The summed E-state index contributed by atoms with van der Waals surface area (Å²) in [6.07, 6.45) is 0.947. The van der Waals surface area contributed by atoms with Gasteiger partial charge in [0, 0.05) is 25.9 Å². The highest BCUT2D eigenvalue weighted by Gasteiger charge is 1.98. The van der Waals surface area contributed by atoms with E-state index in [0.29, 0.717) is 13.2 Å². The Bertz CT molecular complexity index is 399. The molecule has 0 saturated carbocycles. The molecule has 0 aliphatic rings. The van der Waals surface area contributed by atoms with E-state index in [1.54, 1.807) is 7.11 Å². The normalized spacial score (nSPS) is 10.1. The van der Waals surface area contributed by atoms with Crippen LogP contribution in [0.4, 0.5) is 5.69 Å². The van der Waals surface area contributed by atoms with Gasteiger partial charge in [-0.1, -0.05) is 0 Å². The molecule has 0 aliphatic carbocycles. The molecule has 0 atom stereocenters. The van der Waals surface area contributed by atoms with Gasteiger partial charge in [-0.3, -0.25) is 0 Å². The number of hydrogen-bond acceptors (Lipinski definition) is 4. The van der Waals surface area contributed by atoms with E-state index < -0.39 is 0 Å². The highest BCUT2D eigenvalue weighted by Crippen LogP contribution is 2.14. The van der Waals surface area contributed by atoms with Gasteiger partial charge in [-0.15, -0.1) is 0 Å². The zero-order chi connectivity index (χ0) is 13.2. The maximum absolute atomic E-state index is 8.83. The molecule has 1 N–H and O–H groups in total. The molecule has 0 spiro atoms. The number of hydrogen-bond donors (Lipinski definition) is 1. The Morgan fingerprint density at radius 1 is 1.28 bits per heavy atom. The summed E-state index contributed by atoms with van der Waals surface area (Å²) in [6, 6.07) is 7.92. The molecule has 0 heterocycles. The lowest BCUT2D eigenvalue weighted by Crippen LogP contribution is -2.08. The van der Waals surface area contributed by atoms with Gasteiger partial charge in [0.25, 0.3) is 0 Å². The summed E-state index contributed by atoms with van der Waals surface area (Å²) in [5.74, 6) is 0. The molecule has 0 aromatic heterocycles. The number of nitriles is 1. The fraction of sp³-hybridized carbons (Fsp3) is 0.500. The van der Waals surface area contributed by atoms with Crippen molar-refractivity contribution in [3.8, 4) is 6.07 Å². The quantitative estimate of drug-likeness (QED) is 0.717. The van der Waals surface area contributed by atoms with Crippen molar-refractivity contribution in [1.29, 1.82) is 5.26 Å². The molecule has 4 heteroatoms. The SMILES string of the molecule is COCCOCCCNc1ccc(C#N)c(C)c1. The van der Waals surface area contributed by atoms with Gasteiger partial charge in [-0.25, -0.2) is 0 Å². The molecule has 1 aromatic rings. The van der Waals surface area contributed by atoms with E-state index in [4.69, 9.17) is 14.7 Å². The largest absolute Gasteiger partial charge is 0.385 e. The van der Waals surface area contributed by atoms with Crippen molar-refractivity contribution < 1.29 is 9.47 Å². The van der Waals surface area contributed by atoms with Crippen LogP contribution in [-0.2, 0) is 9.47 Å². The van der Waals surface area contributed by atoms with Crippen LogP contribution in [0.15, 0.2) is 18.2 Å². The standard InChI is InChI=1S/C14H20N2O2/c1-12-10-14(5-4-13(12)11-15)16-6-3-7-18-9-8-17-2/h4-5,10,16H,3,6-9H2,1-2H3. The molecule has 0 fully saturated rings. The van der Waals surface area contributed by atoms with E-state index >= 15 is 0 Å². The zero-order valence-corrected chi connectivity index (χ0v) is 11.0. The average molecular weight is 248 g/mol. The van der Waals surface area contributed by atoms with E-state index in [-0.39, 0.29) is 0 Å². The highest BCUT2D eigenvalue weighted by atomic mass is 16.5. The molecule has 0 bridgehead atoms. The first kappa shape index (κ1) is 14.5. The number of ether oxygens (including phenoxy) is 2. The predicted octanol–water partition coefficient (Wildman–Crippen LogP) is 2.33. The molecule has 18 heavy (non-hydrogen) atoms. The van der Waals surface area contributed by atoms with E-state index in [0.717, 1.165) is 36.4 Å². The van der Waals surface area contributed by atoms with Crippen molar-refractivity contribution in [3.05, 3.63) is 29.3 Å². The minimum atomic E-state index is 0.641. The summed E-state index contributed by atoms with van der Waals surface area (Å²) < 4.78 is 10.2. The second-order valence-electron chi connectivity index (χ2n) is 4.03. The van der Waals surface area contributed by atoms with E-state index in [1.165, 1.54) is 0 Å². The van der Waals surface area contributed by atoms with Gasteiger partial charge in [0.15, 0.2) is 0 Å². The predicted molar refractivity (Wildman–Crippen MR) is 71.7 cm³/mol. The maximum atomic E-state index is 8.83. The molecular formula is C14H20N2O2. The number of aryl methyl sites for hydroxylation is 1. The molecule has 0 aliphatic heterocycles. The third kappa shape index (κ3) is 5.17. The summed E-state index contributed by atoms with van der Waals surface area (Å²) in [5, 5.41) is 12.1. The Labute approximate surface area is 109 Å². The lowest BCUT2D eigenvalue weighted by atomic mass is 10.1. The molecule has 0 radical (unpaired) electrons. The van der Waals surface area contributed by atoms with Crippen molar-refractivity contribution in [3.63, 3.8) is 0 Å².